The minimum Gasteiger partial charge on any atom is -0.341 e. The van der Waals surface area contributed by atoms with Crippen molar-refractivity contribution < 1.29 is 0 Å². The highest BCUT2D eigenvalue weighted by atomic mass is 15.4. The molecule has 0 unspecified atom stereocenters. The SMILES string of the molecule is c1ccn(CN(Cn2cccc2)Cn2cccc2)c1. The minimum atomic E-state index is 0.878. The van der Waals surface area contributed by atoms with E-state index in [0.717, 1.165) is 20.0 Å². The lowest BCUT2D eigenvalue weighted by Gasteiger charge is -2.24. The molecule has 0 aromatic carbocycles. The van der Waals surface area contributed by atoms with Crippen molar-refractivity contribution >= 4 is 0 Å². The molecule has 0 aliphatic rings. The normalized spacial score (nSPS) is 11.2. The van der Waals surface area contributed by atoms with Crippen LogP contribution in [0.5, 0.6) is 0 Å². The van der Waals surface area contributed by atoms with Crippen molar-refractivity contribution in [2.24, 2.45) is 0 Å². The first kappa shape index (κ1) is 11.9. The lowest BCUT2D eigenvalue weighted by molar-refractivity contribution is 0.128. The first-order valence-electron chi connectivity index (χ1n) is 6.45. The molecule has 0 aliphatic heterocycles. The molecule has 0 atom stereocenters. The van der Waals surface area contributed by atoms with Crippen LogP contribution in [-0.4, -0.2) is 18.6 Å². The van der Waals surface area contributed by atoms with Gasteiger partial charge in [-0.1, -0.05) is 0 Å². The third kappa shape index (κ3) is 3.17. The average molecular weight is 254 g/mol. The molecule has 0 saturated carbocycles. The van der Waals surface area contributed by atoms with Gasteiger partial charge in [-0.3, -0.25) is 0 Å². The van der Waals surface area contributed by atoms with Gasteiger partial charge in [0, 0.05) is 37.2 Å². The van der Waals surface area contributed by atoms with Gasteiger partial charge in [-0.15, -0.1) is 0 Å². The van der Waals surface area contributed by atoms with Crippen LogP contribution in [0.2, 0.25) is 0 Å². The van der Waals surface area contributed by atoms with Crippen molar-refractivity contribution in [1.82, 2.24) is 18.6 Å². The highest BCUT2D eigenvalue weighted by Gasteiger charge is 2.06. The van der Waals surface area contributed by atoms with Gasteiger partial charge < -0.3 is 13.7 Å². The van der Waals surface area contributed by atoms with Crippen LogP contribution in [0.3, 0.4) is 0 Å². The van der Waals surface area contributed by atoms with Gasteiger partial charge in [0.1, 0.15) is 0 Å². The van der Waals surface area contributed by atoms with E-state index in [9.17, 15) is 0 Å². The number of rotatable bonds is 6. The Balaban J connectivity index is 1.70. The van der Waals surface area contributed by atoms with E-state index >= 15 is 0 Å². The summed E-state index contributed by atoms with van der Waals surface area (Å²) in [5.74, 6) is 0. The zero-order valence-electron chi connectivity index (χ0n) is 10.8. The van der Waals surface area contributed by atoms with E-state index < -0.39 is 0 Å². The van der Waals surface area contributed by atoms with Gasteiger partial charge >= 0.3 is 0 Å². The van der Waals surface area contributed by atoms with Crippen LogP contribution in [0, 0.1) is 0 Å². The molecule has 3 heterocycles. The zero-order valence-corrected chi connectivity index (χ0v) is 10.8. The van der Waals surface area contributed by atoms with Crippen LogP contribution in [0.4, 0.5) is 0 Å². The molecule has 4 nitrogen and oxygen atoms in total. The number of hydrogen-bond donors (Lipinski definition) is 0. The molecule has 3 aromatic heterocycles. The predicted molar refractivity (Wildman–Crippen MR) is 75.1 cm³/mol. The molecule has 0 amide bonds. The molecule has 0 aliphatic carbocycles. The molecule has 0 N–H and O–H groups in total. The van der Waals surface area contributed by atoms with Gasteiger partial charge in [0.15, 0.2) is 0 Å². The van der Waals surface area contributed by atoms with Crippen LogP contribution < -0.4 is 0 Å². The predicted octanol–water partition coefficient (Wildman–Crippen LogP) is 2.67. The van der Waals surface area contributed by atoms with Crippen molar-refractivity contribution in [2.45, 2.75) is 20.0 Å². The maximum absolute atomic E-state index is 2.38. The summed E-state index contributed by atoms with van der Waals surface area (Å²) in [7, 11) is 0. The fourth-order valence-electron chi connectivity index (χ4n) is 2.22. The molecular weight excluding hydrogens is 236 g/mol. The quantitative estimate of drug-likeness (QED) is 0.661. The number of hydrogen-bond acceptors (Lipinski definition) is 1. The fraction of sp³-hybridized carbons (Fsp3) is 0.200. The van der Waals surface area contributed by atoms with Gasteiger partial charge in [-0.05, 0) is 36.4 Å². The molecule has 0 radical (unpaired) electrons. The maximum atomic E-state index is 2.38. The third-order valence-electron chi connectivity index (χ3n) is 3.09. The monoisotopic (exact) mass is 254 g/mol. The molecule has 4 heteroatoms. The number of aromatic nitrogens is 3. The van der Waals surface area contributed by atoms with Gasteiger partial charge in [0.25, 0.3) is 0 Å². The van der Waals surface area contributed by atoms with E-state index in [-0.39, 0.29) is 0 Å². The van der Waals surface area contributed by atoms with E-state index in [0.29, 0.717) is 0 Å². The zero-order chi connectivity index (χ0) is 12.9. The summed E-state index contributed by atoms with van der Waals surface area (Å²) < 4.78 is 6.56. The molecule has 0 spiro atoms. The maximum Gasteiger partial charge on any atom is 0.0775 e. The highest BCUT2D eigenvalue weighted by molar-refractivity contribution is 4.92. The van der Waals surface area contributed by atoms with Crippen LogP contribution in [0.15, 0.2) is 73.6 Å². The average Bonchev–Trinajstić information content (AvgIpc) is 3.10. The van der Waals surface area contributed by atoms with Gasteiger partial charge in [0.05, 0.1) is 20.0 Å². The summed E-state index contributed by atoms with van der Waals surface area (Å²) in [6.07, 6.45) is 12.6. The molecule has 19 heavy (non-hydrogen) atoms. The van der Waals surface area contributed by atoms with Crippen molar-refractivity contribution in [2.75, 3.05) is 0 Å². The van der Waals surface area contributed by atoms with Crippen molar-refractivity contribution in [1.29, 1.82) is 0 Å². The Bertz CT molecular complexity index is 478. The lowest BCUT2D eigenvalue weighted by atomic mass is 10.6. The second-order valence-corrected chi connectivity index (χ2v) is 4.69. The Labute approximate surface area is 113 Å². The van der Waals surface area contributed by atoms with Crippen LogP contribution in [-0.2, 0) is 20.0 Å². The molecular formula is C15H18N4. The highest BCUT2D eigenvalue weighted by Crippen LogP contribution is 2.04. The Morgan fingerprint density at radius 2 is 0.737 bits per heavy atom. The summed E-state index contributed by atoms with van der Waals surface area (Å²) >= 11 is 0. The minimum absolute atomic E-state index is 0.878. The van der Waals surface area contributed by atoms with Crippen molar-refractivity contribution in [3.8, 4) is 0 Å². The third-order valence-corrected chi connectivity index (χ3v) is 3.09. The lowest BCUT2D eigenvalue weighted by Crippen LogP contribution is -2.29. The first-order chi connectivity index (χ1) is 9.40. The standard InChI is InChI=1S/C15H18N4/c1-2-8-16(7-1)13-19(14-17-9-3-4-10-17)15-18-11-5-6-12-18/h1-12H,13-15H2. The Kier molecular flexibility index (Phi) is 3.51. The van der Waals surface area contributed by atoms with E-state index in [2.05, 4.69) is 92.2 Å². The largest absolute Gasteiger partial charge is 0.341 e. The summed E-state index contributed by atoms with van der Waals surface area (Å²) in [5.41, 5.74) is 0. The second kappa shape index (κ2) is 5.63. The summed E-state index contributed by atoms with van der Waals surface area (Å²) in [6.45, 7) is 2.64. The Morgan fingerprint density at radius 1 is 0.474 bits per heavy atom. The second-order valence-electron chi connectivity index (χ2n) is 4.69. The van der Waals surface area contributed by atoms with E-state index in [4.69, 9.17) is 0 Å². The first-order valence-corrected chi connectivity index (χ1v) is 6.45. The van der Waals surface area contributed by atoms with Gasteiger partial charge in [-0.25, -0.2) is 4.90 Å². The Hall–Kier alpha value is -2.20. The van der Waals surface area contributed by atoms with Crippen molar-refractivity contribution in [3.05, 3.63) is 73.6 Å². The van der Waals surface area contributed by atoms with Crippen LogP contribution in [0.1, 0.15) is 0 Å². The Morgan fingerprint density at radius 3 is 1.00 bits per heavy atom. The van der Waals surface area contributed by atoms with E-state index in [1.807, 2.05) is 0 Å². The fourth-order valence-corrected chi connectivity index (χ4v) is 2.22. The summed E-state index contributed by atoms with van der Waals surface area (Å²) in [6, 6.07) is 12.4. The molecule has 3 aromatic rings. The molecule has 3 rings (SSSR count). The van der Waals surface area contributed by atoms with Crippen LogP contribution >= 0.6 is 0 Å². The topological polar surface area (TPSA) is 18.0 Å². The van der Waals surface area contributed by atoms with E-state index in [1.165, 1.54) is 0 Å². The van der Waals surface area contributed by atoms with Crippen molar-refractivity contribution in [3.63, 3.8) is 0 Å². The summed E-state index contributed by atoms with van der Waals surface area (Å²) in [4.78, 5) is 2.38. The number of nitrogens with zero attached hydrogens (tertiary/aromatic N) is 4. The van der Waals surface area contributed by atoms with Crippen LogP contribution in [0.25, 0.3) is 0 Å². The molecule has 98 valence electrons. The van der Waals surface area contributed by atoms with Gasteiger partial charge in [-0.2, -0.15) is 0 Å². The van der Waals surface area contributed by atoms with E-state index in [1.54, 1.807) is 0 Å². The molecule has 0 bridgehead atoms. The van der Waals surface area contributed by atoms with Gasteiger partial charge in [0.2, 0.25) is 0 Å². The molecule has 0 fully saturated rings. The summed E-state index contributed by atoms with van der Waals surface area (Å²) in [5, 5.41) is 0. The molecule has 0 saturated heterocycles. The smallest absolute Gasteiger partial charge is 0.0775 e.